The number of aromatic hydroxyl groups is 1. The van der Waals surface area contributed by atoms with E-state index in [4.69, 9.17) is 23.2 Å². The zero-order valence-corrected chi connectivity index (χ0v) is 16.7. The topological polar surface area (TPSA) is 85.8 Å². The molecule has 4 N–H and O–H groups in total. The van der Waals surface area contributed by atoms with E-state index in [0.29, 0.717) is 22.0 Å². The van der Waals surface area contributed by atoms with E-state index in [9.17, 15) is 9.90 Å². The fourth-order valence-electron chi connectivity index (χ4n) is 3.38. The van der Waals surface area contributed by atoms with Crippen LogP contribution in [-0.4, -0.2) is 23.3 Å². The number of halogens is 2. The molecule has 0 bridgehead atoms. The second-order valence-corrected chi connectivity index (χ2v) is 7.66. The summed E-state index contributed by atoms with van der Waals surface area (Å²) in [7, 11) is 0. The van der Waals surface area contributed by atoms with Crippen molar-refractivity contribution in [1.29, 1.82) is 0 Å². The van der Waals surface area contributed by atoms with E-state index >= 15 is 0 Å². The van der Waals surface area contributed by atoms with Gasteiger partial charge in [-0.15, -0.1) is 0 Å². The molecular weight excluding hydrogens is 411 g/mol. The van der Waals surface area contributed by atoms with Crippen LogP contribution < -0.4 is 16.3 Å². The lowest BCUT2D eigenvalue weighted by Crippen LogP contribution is -2.41. The predicted molar refractivity (Wildman–Crippen MR) is 115 cm³/mol. The number of carbonyl (C=O) groups excluding carboxylic acids is 1. The van der Waals surface area contributed by atoms with Crippen LogP contribution in [0.5, 0.6) is 5.75 Å². The van der Waals surface area contributed by atoms with Gasteiger partial charge < -0.3 is 5.11 Å². The zero-order chi connectivity index (χ0) is 20.4. The molecule has 3 aromatic rings. The number of benzene rings is 3. The molecule has 3 aromatic carbocycles. The summed E-state index contributed by atoms with van der Waals surface area (Å²) in [5.74, 6) is -0.190. The number of nitrogens with zero attached hydrogens (tertiary/aromatic N) is 1. The number of phenolic OH excluding ortho intramolecular Hbond substituents is 1. The first-order valence-corrected chi connectivity index (χ1v) is 9.77. The van der Waals surface area contributed by atoms with E-state index in [1.807, 2.05) is 42.5 Å². The summed E-state index contributed by atoms with van der Waals surface area (Å²) < 4.78 is 0. The van der Waals surface area contributed by atoms with Crippen LogP contribution in [0.2, 0.25) is 10.0 Å². The molecular formula is C21H18Cl2N4O2. The van der Waals surface area contributed by atoms with Crippen molar-refractivity contribution in [2.24, 2.45) is 5.10 Å². The third-order valence-corrected chi connectivity index (χ3v) is 5.26. The van der Waals surface area contributed by atoms with Gasteiger partial charge in [0.05, 0.1) is 6.21 Å². The van der Waals surface area contributed by atoms with Gasteiger partial charge in [0.15, 0.2) is 0 Å². The van der Waals surface area contributed by atoms with Crippen LogP contribution in [0.25, 0.3) is 10.8 Å². The van der Waals surface area contributed by atoms with E-state index in [-0.39, 0.29) is 17.7 Å². The highest BCUT2D eigenvalue weighted by Crippen LogP contribution is 2.28. The highest BCUT2D eigenvalue weighted by Gasteiger charge is 2.30. The standard InChI is InChI=1S/C21H18Cl2N4O2/c22-14-7-13(8-15(23)9-14)18-10-19(26-25-18)21(29)27-24-11-17-16-4-2-1-3-12(16)5-6-20(17)28/h1-9,11,18-19,25-26,28H,10H2,(H,27,29)/b24-11+. The van der Waals surface area contributed by atoms with Gasteiger partial charge in [-0.1, -0.05) is 53.5 Å². The fourth-order valence-corrected chi connectivity index (χ4v) is 3.92. The quantitative estimate of drug-likeness (QED) is 0.374. The number of hydrogen-bond donors (Lipinski definition) is 4. The summed E-state index contributed by atoms with van der Waals surface area (Å²) in [6.07, 6.45) is 1.96. The predicted octanol–water partition coefficient (Wildman–Crippen LogP) is 3.91. The Morgan fingerprint density at radius 2 is 1.86 bits per heavy atom. The Labute approximate surface area is 177 Å². The van der Waals surface area contributed by atoms with Crippen LogP contribution in [0.4, 0.5) is 0 Å². The Morgan fingerprint density at radius 1 is 1.10 bits per heavy atom. The van der Waals surface area contributed by atoms with Gasteiger partial charge in [0.1, 0.15) is 11.8 Å². The number of amides is 1. The molecule has 0 aromatic heterocycles. The average molecular weight is 429 g/mol. The number of hydrazine groups is 1. The van der Waals surface area contributed by atoms with Gasteiger partial charge in [-0.2, -0.15) is 5.10 Å². The molecule has 1 heterocycles. The normalized spacial score (nSPS) is 19.1. The number of nitrogens with one attached hydrogen (secondary N) is 3. The van der Waals surface area contributed by atoms with Gasteiger partial charge >= 0.3 is 0 Å². The Morgan fingerprint density at radius 3 is 2.66 bits per heavy atom. The first-order valence-electron chi connectivity index (χ1n) is 9.02. The Kier molecular flexibility index (Phi) is 5.69. The maximum atomic E-state index is 12.5. The number of hydrazone groups is 1. The maximum absolute atomic E-state index is 12.5. The summed E-state index contributed by atoms with van der Waals surface area (Å²) in [5, 5.41) is 17.1. The number of rotatable bonds is 4. The molecule has 0 spiro atoms. The van der Waals surface area contributed by atoms with Crippen LogP contribution in [0, 0.1) is 0 Å². The number of hydrogen-bond acceptors (Lipinski definition) is 5. The molecule has 2 unspecified atom stereocenters. The summed E-state index contributed by atoms with van der Waals surface area (Å²) >= 11 is 12.1. The zero-order valence-electron chi connectivity index (χ0n) is 15.2. The van der Waals surface area contributed by atoms with Crippen molar-refractivity contribution >= 4 is 46.1 Å². The van der Waals surface area contributed by atoms with Crippen molar-refractivity contribution in [1.82, 2.24) is 16.3 Å². The third kappa shape index (κ3) is 4.36. The van der Waals surface area contributed by atoms with E-state index in [2.05, 4.69) is 21.4 Å². The Hall–Kier alpha value is -2.64. The first-order chi connectivity index (χ1) is 14.0. The molecule has 6 nitrogen and oxygen atoms in total. The Balaban J connectivity index is 1.43. The second kappa shape index (κ2) is 8.39. The van der Waals surface area contributed by atoms with Gasteiger partial charge in [-0.25, -0.2) is 16.3 Å². The molecule has 1 amide bonds. The minimum Gasteiger partial charge on any atom is -0.507 e. The molecule has 29 heavy (non-hydrogen) atoms. The van der Waals surface area contributed by atoms with Crippen LogP contribution >= 0.6 is 23.2 Å². The van der Waals surface area contributed by atoms with Crippen LogP contribution in [-0.2, 0) is 4.79 Å². The fraction of sp³-hybridized carbons (Fsp3) is 0.143. The summed E-state index contributed by atoms with van der Waals surface area (Å²) in [4.78, 5) is 12.5. The van der Waals surface area contributed by atoms with Gasteiger partial charge in [-0.3, -0.25) is 4.79 Å². The smallest absolute Gasteiger partial charge is 0.258 e. The van der Waals surface area contributed by atoms with Gasteiger partial charge in [-0.05, 0) is 47.0 Å². The summed E-state index contributed by atoms with van der Waals surface area (Å²) in [5.41, 5.74) is 10.0. The molecule has 2 atom stereocenters. The molecule has 148 valence electrons. The van der Waals surface area contributed by atoms with Crippen LogP contribution in [0.1, 0.15) is 23.6 Å². The lowest BCUT2D eigenvalue weighted by molar-refractivity contribution is -0.122. The highest BCUT2D eigenvalue weighted by atomic mass is 35.5. The van der Waals surface area contributed by atoms with E-state index in [1.54, 1.807) is 12.1 Å². The van der Waals surface area contributed by atoms with Crippen molar-refractivity contribution in [3.63, 3.8) is 0 Å². The third-order valence-electron chi connectivity index (χ3n) is 4.82. The van der Waals surface area contributed by atoms with E-state index in [1.165, 1.54) is 6.21 Å². The van der Waals surface area contributed by atoms with Crippen LogP contribution in [0.3, 0.4) is 0 Å². The van der Waals surface area contributed by atoms with Crippen molar-refractivity contribution < 1.29 is 9.90 Å². The minimum absolute atomic E-state index is 0.0975. The molecule has 4 rings (SSSR count). The number of phenols is 1. The summed E-state index contributed by atoms with van der Waals surface area (Å²) in [6.45, 7) is 0. The molecule has 0 saturated carbocycles. The Bertz CT molecular complexity index is 1080. The monoisotopic (exact) mass is 428 g/mol. The van der Waals surface area contributed by atoms with Crippen molar-refractivity contribution in [2.45, 2.75) is 18.5 Å². The minimum atomic E-state index is -0.476. The maximum Gasteiger partial charge on any atom is 0.258 e. The molecule has 8 heteroatoms. The summed E-state index contributed by atoms with van der Waals surface area (Å²) in [6, 6.07) is 15.8. The van der Waals surface area contributed by atoms with Crippen molar-refractivity contribution in [3.05, 3.63) is 75.8 Å². The molecule has 1 saturated heterocycles. The molecule has 0 radical (unpaired) electrons. The lowest BCUT2D eigenvalue weighted by atomic mass is 10.0. The SMILES string of the molecule is O=C(N/N=C/c1c(O)ccc2ccccc12)C1CC(c2cc(Cl)cc(Cl)c2)NN1. The van der Waals surface area contributed by atoms with Gasteiger partial charge in [0.2, 0.25) is 0 Å². The van der Waals surface area contributed by atoms with Crippen molar-refractivity contribution in [3.8, 4) is 5.75 Å². The largest absolute Gasteiger partial charge is 0.507 e. The van der Waals surface area contributed by atoms with E-state index < -0.39 is 6.04 Å². The molecule has 1 aliphatic rings. The lowest BCUT2D eigenvalue weighted by Gasteiger charge is -2.10. The number of fused-ring (bicyclic) bond motifs is 1. The average Bonchev–Trinajstić information content (AvgIpc) is 3.19. The van der Waals surface area contributed by atoms with E-state index in [0.717, 1.165) is 16.3 Å². The molecule has 1 fully saturated rings. The molecule has 0 aliphatic carbocycles. The second-order valence-electron chi connectivity index (χ2n) is 6.79. The number of carbonyl (C=O) groups is 1. The van der Waals surface area contributed by atoms with Gasteiger partial charge in [0.25, 0.3) is 5.91 Å². The first kappa shape index (κ1) is 19.7. The molecule has 1 aliphatic heterocycles. The van der Waals surface area contributed by atoms with Gasteiger partial charge in [0, 0.05) is 21.7 Å². The van der Waals surface area contributed by atoms with Crippen LogP contribution in [0.15, 0.2) is 59.7 Å². The van der Waals surface area contributed by atoms with Crippen molar-refractivity contribution in [2.75, 3.05) is 0 Å². The highest BCUT2D eigenvalue weighted by molar-refractivity contribution is 6.34.